The Bertz CT molecular complexity index is 312. The van der Waals surface area contributed by atoms with E-state index >= 15 is 0 Å². The lowest BCUT2D eigenvalue weighted by Crippen LogP contribution is -2.06. The van der Waals surface area contributed by atoms with Crippen LogP contribution in [0.15, 0.2) is 15.3 Å². The van der Waals surface area contributed by atoms with Gasteiger partial charge in [-0.1, -0.05) is 6.92 Å². The first kappa shape index (κ1) is 7.85. The zero-order valence-electron chi connectivity index (χ0n) is 6.55. The van der Waals surface area contributed by atoms with Crippen LogP contribution in [0.1, 0.15) is 18.2 Å². The molecule has 0 radical (unpaired) electrons. The summed E-state index contributed by atoms with van der Waals surface area (Å²) in [6.07, 6.45) is 0.494. The molecule has 0 aliphatic carbocycles. The molecule has 0 saturated carbocycles. The van der Waals surface area contributed by atoms with E-state index in [1.54, 1.807) is 13.8 Å². The molecule has 1 rings (SSSR count). The summed E-state index contributed by atoms with van der Waals surface area (Å²) in [5.41, 5.74) is -0.0967. The minimum atomic E-state index is -0.440. The lowest BCUT2D eigenvalue weighted by molar-refractivity contribution is 0.423. The van der Waals surface area contributed by atoms with Crippen LogP contribution in [0, 0.1) is 6.92 Å². The van der Waals surface area contributed by atoms with Gasteiger partial charge in [0.15, 0.2) is 0 Å². The molecule has 0 spiro atoms. The molecule has 1 aromatic rings. The van der Waals surface area contributed by atoms with Crippen LogP contribution in [-0.4, -0.2) is 5.11 Å². The SMILES string of the molecule is CCc1c(O)cc(C)oc1=O. The Kier molecular flexibility index (Phi) is 1.98. The fraction of sp³-hybridized carbons (Fsp3) is 0.375. The van der Waals surface area contributed by atoms with E-state index in [-0.39, 0.29) is 5.75 Å². The van der Waals surface area contributed by atoms with Crippen LogP contribution in [-0.2, 0) is 6.42 Å². The Hall–Kier alpha value is -1.25. The van der Waals surface area contributed by atoms with Crippen LogP contribution in [0.3, 0.4) is 0 Å². The highest BCUT2D eigenvalue weighted by atomic mass is 16.4. The number of aryl methyl sites for hydroxylation is 1. The van der Waals surface area contributed by atoms with E-state index in [9.17, 15) is 9.90 Å². The van der Waals surface area contributed by atoms with Gasteiger partial charge in [-0.15, -0.1) is 0 Å². The second kappa shape index (κ2) is 2.78. The van der Waals surface area contributed by atoms with Gasteiger partial charge in [-0.3, -0.25) is 0 Å². The Morgan fingerprint density at radius 1 is 1.64 bits per heavy atom. The van der Waals surface area contributed by atoms with E-state index in [1.807, 2.05) is 0 Å². The van der Waals surface area contributed by atoms with Crippen molar-refractivity contribution in [1.29, 1.82) is 0 Å². The van der Waals surface area contributed by atoms with E-state index < -0.39 is 5.63 Å². The quantitative estimate of drug-likeness (QED) is 0.661. The van der Waals surface area contributed by atoms with Gasteiger partial charge in [0.2, 0.25) is 0 Å². The van der Waals surface area contributed by atoms with Crippen molar-refractivity contribution in [3.05, 3.63) is 27.8 Å². The smallest absolute Gasteiger partial charge is 0.342 e. The summed E-state index contributed by atoms with van der Waals surface area (Å²) in [7, 11) is 0. The van der Waals surface area contributed by atoms with Gasteiger partial charge in [0.05, 0.1) is 5.56 Å². The molecular weight excluding hydrogens is 144 g/mol. The third-order valence-electron chi connectivity index (χ3n) is 1.50. The van der Waals surface area contributed by atoms with Gasteiger partial charge in [-0.2, -0.15) is 0 Å². The molecule has 0 aliphatic heterocycles. The molecule has 0 aromatic carbocycles. The highest BCUT2D eigenvalue weighted by Gasteiger charge is 2.05. The average Bonchev–Trinajstić information content (AvgIpc) is 1.85. The summed E-state index contributed by atoms with van der Waals surface area (Å²) in [4.78, 5) is 11.0. The number of rotatable bonds is 1. The van der Waals surface area contributed by atoms with Crippen LogP contribution >= 0.6 is 0 Å². The molecule has 1 N–H and O–H groups in total. The number of hydrogen-bond donors (Lipinski definition) is 1. The van der Waals surface area contributed by atoms with Crippen LogP contribution in [0.25, 0.3) is 0 Å². The molecule has 0 atom stereocenters. The molecule has 0 aliphatic rings. The second-order valence-electron chi connectivity index (χ2n) is 2.36. The number of hydrogen-bond acceptors (Lipinski definition) is 3. The summed E-state index contributed by atoms with van der Waals surface area (Å²) >= 11 is 0. The van der Waals surface area contributed by atoms with Crippen molar-refractivity contribution in [1.82, 2.24) is 0 Å². The molecule has 1 aromatic heterocycles. The highest BCUT2D eigenvalue weighted by Crippen LogP contribution is 2.13. The molecule has 3 nitrogen and oxygen atoms in total. The maximum Gasteiger partial charge on any atom is 0.342 e. The largest absolute Gasteiger partial charge is 0.507 e. The average molecular weight is 154 g/mol. The van der Waals surface area contributed by atoms with Gasteiger partial charge in [0, 0.05) is 6.07 Å². The minimum Gasteiger partial charge on any atom is -0.507 e. The zero-order chi connectivity index (χ0) is 8.43. The fourth-order valence-corrected chi connectivity index (χ4v) is 0.947. The molecule has 3 heteroatoms. The predicted molar refractivity (Wildman–Crippen MR) is 40.8 cm³/mol. The second-order valence-corrected chi connectivity index (χ2v) is 2.36. The van der Waals surface area contributed by atoms with Gasteiger partial charge in [-0.05, 0) is 13.3 Å². The third-order valence-corrected chi connectivity index (χ3v) is 1.50. The molecule has 0 fully saturated rings. The van der Waals surface area contributed by atoms with E-state index in [1.165, 1.54) is 6.07 Å². The first-order chi connectivity index (χ1) is 5.15. The van der Waals surface area contributed by atoms with Crippen LogP contribution in [0.2, 0.25) is 0 Å². The van der Waals surface area contributed by atoms with Gasteiger partial charge >= 0.3 is 5.63 Å². The Morgan fingerprint density at radius 3 is 2.73 bits per heavy atom. The summed E-state index contributed by atoms with van der Waals surface area (Å²) < 4.78 is 4.76. The predicted octanol–water partition coefficient (Wildman–Crippen LogP) is 1.22. The van der Waals surface area contributed by atoms with Crippen LogP contribution in [0.4, 0.5) is 0 Å². The van der Waals surface area contributed by atoms with E-state index in [0.29, 0.717) is 17.7 Å². The lowest BCUT2D eigenvalue weighted by atomic mass is 10.2. The van der Waals surface area contributed by atoms with E-state index in [2.05, 4.69) is 0 Å². The van der Waals surface area contributed by atoms with Crippen molar-refractivity contribution in [2.24, 2.45) is 0 Å². The van der Waals surface area contributed by atoms with Gasteiger partial charge in [-0.25, -0.2) is 4.79 Å². The molecule has 0 amide bonds. The molecule has 0 unspecified atom stereocenters. The van der Waals surface area contributed by atoms with Gasteiger partial charge in [0.25, 0.3) is 0 Å². The maximum absolute atomic E-state index is 11.0. The fourth-order valence-electron chi connectivity index (χ4n) is 0.947. The van der Waals surface area contributed by atoms with Crippen molar-refractivity contribution >= 4 is 0 Å². The van der Waals surface area contributed by atoms with Gasteiger partial charge in [0.1, 0.15) is 11.5 Å². The molecule has 1 heterocycles. The number of aromatic hydroxyl groups is 1. The van der Waals surface area contributed by atoms with E-state index in [4.69, 9.17) is 4.42 Å². The summed E-state index contributed by atoms with van der Waals surface area (Å²) in [6.45, 7) is 3.42. The Balaban J connectivity index is 3.37. The first-order valence-corrected chi connectivity index (χ1v) is 3.47. The van der Waals surface area contributed by atoms with Crippen molar-refractivity contribution in [3.8, 4) is 5.75 Å². The Morgan fingerprint density at radius 2 is 2.27 bits per heavy atom. The van der Waals surface area contributed by atoms with Crippen molar-refractivity contribution in [2.45, 2.75) is 20.3 Å². The highest BCUT2D eigenvalue weighted by molar-refractivity contribution is 5.29. The maximum atomic E-state index is 11.0. The Labute approximate surface area is 64.3 Å². The van der Waals surface area contributed by atoms with Crippen molar-refractivity contribution in [2.75, 3.05) is 0 Å². The van der Waals surface area contributed by atoms with Gasteiger partial charge < -0.3 is 9.52 Å². The summed E-state index contributed by atoms with van der Waals surface area (Å²) in [6, 6.07) is 1.44. The normalized spacial score (nSPS) is 10.0. The van der Waals surface area contributed by atoms with Crippen molar-refractivity contribution < 1.29 is 9.52 Å². The molecule has 11 heavy (non-hydrogen) atoms. The topological polar surface area (TPSA) is 50.4 Å². The van der Waals surface area contributed by atoms with Crippen LogP contribution < -0.4 is 5.63 Å². The van der Waals surface area contributed by atoms with Crippen LogP contribution in [0.5, 0.6) is 5.75 Å². The lowest BCUT2D eigenvalue weighted by Gasteiger charge is -1.98. The summed E-state index contributed by atoms with van der Waals surface area (Å²) in [5, 5.41) is 9.21. The summed E-state index contributed by atoms with van der Waals surface area (Å²) in [5.74, 6) is 0.464. The molecule has 0 saturated heterocycles. The molecule has 60 valence electrons. The monoisotopic (exact) mass is 154 g/mol. The standard InChI is InChI=1S/C8H10O3/c1-3-6-7(9)4-5(2)11-8(6)10/h4,9H,3H2,1-2H3. The zero-order valence-corrected chi connectivity index (χ0v) is 6.55. The molecule has 0 bridgehead atoms. The third kappa shape index (κ3) is 1.42. The molecular formula is C8H10O3. The minimum absolute atomic E-state index is 0.0289. The first-order valence-electron chi connectivity index (χ1n) is 3.47. The van der Waals surface area contributed by atoms with E-state index in [0.717, 1.165) is 0 Å². The van der Waals surface area contributed by atoms with Crippen molar-refractivity contribution in [3.63, 3.8) is 0 Å².